The van der Waals surface area contributed by atoms with E-state index in [2.05, 4.69) is 125 Å². The van der Waals surface area contributed by atoms with Gasteiger partial charge in [-0.25, -0.2) is 0 Å². The molecule has 0 aromatic heterocycles. The normalized spacial score (nSPS) is 14.4. The fraction of sp³-hybridized carbons (Fsp3) is 0.625. The van der Waals surface area contributed by atoms with Gasteiger partial charge in [0.15, 0.2) is 8.32 Å². The van der Waals surface area contributed by atoms with Crippen molar-refractivity contribution in [2.75, 3.05) is 0 Å². The third-order valence-electron chi connectivity index (χ3n) is 8.56. The molecule has 0 fully saturated rings. The molecule has 1 unspecified atom stereocenters. The van der Waals surface area contributed by atoms with Gasteiger partial charge in [-0.1, -0.05) is 103 Å². The van der Waals surface area contributed by atoms with Gasteiger partial charge in [-0.05, 0) is 85.3 Å². The zero-order valence-electron chi connectivity index (χ0n) is 24.4. The molecule has 0 aliphatic carbocycles. The number of rotatable bonds is 9. The molecule has 0 amide bonds. The van der Waals surface area contributed by atoms with E-state index in [-0.39, 0.29) is 22.0 Å². The third-order valence-corrected chi connectivity index (χ3v) is 13.0. The summed E-state index contributed by atoms with van der Waals surface area (Å²) in [4.78, 5) is 0. The van der Waals surface area contributed by atoms with Crippen molar-refractivity contribution < 1.29 is 4.43 Å². The standard InChI is InChI=1S/C32H52OSi/c1-13-32(14-2,27-17-15-16-24(3)22-27)28-20-18-26(25(4)23-28)19-21-29(30(5,6)7)33-34(11,12)31(8,9)10/h15-18,20,22-23,29H,13-14,19,21H2,1-12H3. The highest BCUT2D eigenvalue weighted by molar-refractivity contribution is 6.74. The van der Waals surface area contributed by atoms with Crippen LogP contribution >= 0.6 is 0 Å². The first kappa shape index (κ1) is 28.9. The topological polar surface area (TPSA) is 9.23 Å². The molecule has 0 radical (unpaired) electrons. The Labute approximate surface area is 212 Å². The molecule has 0 aliphatic heterocycles. The Morgan fingerprint density at radius 3 is 1.88 bits per heavy atom. The highest BCUT2D eigenvalue weighted by atomic mass is 28.4. The number of hydrogen-bond acceptors (Lipinski definition) is 1. The summed E-state index contributed by atoms with van der Waals surface area (Å²) in [6, 6.07) is 16.4. The van der Waals surface area contributed by atoms with Crippen LogP contribution in [0.4, 0.5) is 0 Å². The fourth-order valence-corrected chi connectivity index (χ4v) is 6.47. The fourth-order valence-electron chi connectivity index (χ4n) is 4.94. The van der Waals surface area contributed by atoms with Crippen molar-refractivity contribution in [1.29, 1.82) is 0 Å². The summed E-state index contributed by atoms with van der Waals surface area (Å²) < 4.78 is 6.95. The van der Waals surface area contributed by atoms with E-state index < -0.39 is 8.32 Å². The number of hydrogen-bond donors (Lipinski definition) is 0. The molecule has 1 nitrogen and oxygen atoms in total. The van der Waals surface area contributed by atoms with Crippen molar-refractivity contribution >= 4 is 8.32 Å². The molecule has 0 saturated carbocycles. The van der Waals surface area contributed by atoms with Gasteiger partial charge in [0, 0.05) is 5.41 Å². The van der Waals surface area contributed by atoms with Crippen LogP contribution in [0.1, 0.15) is 102 Å². The van der Waals surface area contributed by atoms with E-state index in [0.717, 1.165) is 25.7 Å². The summed E-state index contributed by atoms with van der Waals surface area (Å²) >= 11 is 0. The molecular weight excluding hydrogens is 428 g/mol. The van der Waals surface area contributed by atoms with Gasteiger partial charge in [0.2, 0.25) is 0 Å². The van der Waals surface area contributed by atoms with Crippen molar-refractivity contribution in [3.8, 4) is 0 Å². The maximum Gasteiger partial charge on any atom is 0.192 e. The molecule has 0 bridgehead atoms. The Bertz CT molecular complexity index is 938. The second kappa shape index (κ2) is 10.7. The molecule has 0 saturated heterocycles. The van der Waals surface area contributed by atoms with Crippen LogP contribution < -0.4 is 0 Å². The lowest BCUT2D eigenvalue weighted by atomic mass is 9.70. The molecule has 0 spiro atoms. The van der Waals surface area contributed by atoms with Crippen LogP contribution in [0.15, 0.2) is 42.5 Å². The van der Waals surface area contributed by atoms with Crippen molar-refractivity contribution in [1.82, 2.24) is 0 Å². The van der Waals surface area contributed by atoms with Crippen LogP contribution in [-0.4, -0.2) is 14.4 Å². The average molecular weight is 481 g/mol. The zero-order valence-corrected chi connectivity index (χ0v) is 25.4. The van der Waals surface area contributed by atoms with Crippen LogP contribution in [0.5, 0.6) is 0 Å². The van der Waals surface area contributed by atoms with Gasteiger partial charge >= 0.3 is 0 Å². The average Bonchev–Trinajstić information content (AvgIpc) is 2.72. The first-order valence-corrected chi connectivity index (χ1v) is 16.3. The van der Waals surface area contributed by atoms with Crippen LogP contribution in [0.25, 0.3) is 0 Å². The highest BCUT2D eigenvalue weighted by Gasteiger charge is 2.41. The van der Waals surface area contributed by atoms with E-state index in [0.29, 0.717) is 0 Å². The molecule has 2 heteroatoms. The van der Waals surface area contributed by atoms with Gasteiger partial charge in [0.25, 0.3) is 0 Å². The van der Waals surface area contributed by atoms with Gasteiger partial charge in [-0.3, -0.25) is 0 Å². The first-order valence-electron chi connectivity index (χ1n) is 13.4. The molecule has 190 valence electrons. The van der Waals surface area contributed by atoms with E-state index in [4.69, 9.17) is 4.43 Å². The summed E-state index contributed by atoms with van der Waals surface area (Å²) in [5.74, 6) is 0. The molecule has 0 heterocycles. The molecule has 2 aromatic rings. The number of benzene rings is 2. The van der Waals surface area contributed by atoms with Crippen molar-refractivity contribution in [2.24, 2.45) is 5.41 Å². The van der Waals surface area contributed by atoms with E-state index >= 15 is 0 Å². The minimum absolute atomic E-state index is 0.0781. The molecule has 2 aromatic carbocycles. The Morgan fingerprint density at radius 1 is 0.824 bits per heavy atom. The highest BCUT2D eigenvalue weighted by Crippen LogP contribution is 2.42. The minimum atomic E-state index is -1.82. The van der Waals surface area contributed by atoms with Gasteiger partial charge in [-0.2, -0.15) is 0 Å². The Hall–Kier alpha value is -1.38. The van der Waals surface area contributed by atoms with Gasteiger partial charge in [0.05, 0.1) is 6.10 Å². The molecular formula is C32H52OSi. The monoisotopic (exact) mass is 480 g/mol. The van der Waals surface area contributed by atoms with Crippen molar-refractivity contribution in [2.45, 2.75) is 125 Å². The number of aryl methyl sites for hydroxylation is 3. The Kier molecular flexibility index (Phi) is 9.08. The van der Waals surface area contributed by atoms with Crippen molar-refractivity contribution in [3.05, 3.63) is 70.3 Å². The smallest absolute Gasteiger partial charge is 0.192 e. The van der Waals surface area contributed by atoms with Crippen LogP contribution in [0, 0.1) is 19.3 Å². The maximum atomic E-state index is 6.95. The lowest BCUT2D eigenvalue weighted by molar-refractivity contribution is 0.0657. The quantitative estimate of drug-likeness (QED) is 0.324. The minimum Gasteiger partial charge on any atom is -0.413 e. The SMILES string of the molecule is CCC(CC)(c1cccc(C)c1)c1ccc(CCC(O[Si](C)(C)C(C)(C)C)C(C)(C)C)c(C)c1. The van der Waals surface area contributed by atoms with E-state index in [1.807, 2.05) is 0 Å². The summed E-state index contributed by atoms with van der Waals surface area (Å²) in [5.41, 5.74) is 7.32. The van der Waals surface area contributed by atoms with Gasteiger partial charge in [0.1, 0.15) is 0 Å². The predicted octanol–water partition coefficient (Wildman–Crippen LogP) is 9.78. The summed E-state index contributed by atoms with van der Waals surface area (Å²) in [6.07, 6.45) is 4.63. The van der Waals surface area contributed by atoms with E-state index in [1.165, 1.54) is 27.8 Å². The van der Waals surface area contributed by atoms with Crippen LogP contribution in [0.2, 0.25) is 18.1 Å². The first-order chi connectivity index (χ1) is 15.6. The molecule has 0 aliphatic rings. The second-order valence-corrected chi connectivity index (χ2v) is 17.8. The molecule has 1 atom stereocenters. The van der Waals surface area contributed by atoms with Gasteiger partial charge in [-0.15, -0.1) is 0 Å². The van der Waals surface area contributed by atoms with Crippen LogP contribution in [0.3, 0.4) is 0 Å². The van der Waals surface area contributed by atoms with E-state index in [1.54, 1.807) is 0 Å². The second-order valence-electron chi connectivity index (χ2n) is 13.1. The zero-order chi connectivity index (χ0) is 25.9. The molecule has 2 rings (SSSR count). The molecule has 34 heavy (non-hydrogen) atoms. The third kappa shape index (κ3) is 6.43. The summed E-state index contributed by atoms with van der Waals surface area (Å²) in [6.45, 7) is 27.9. The Morgan fingerprint density at radius 2 is 1.41 bits per heavy atom. The Balaban J connectivity index is 2.31. The lowest BCUT2D eigenvalue weighted by Crippen LogP contribution is -2.47. The largest absolute Gasteiger partial charge is 0.413 e. The lowest BCUT2D eigenvalue weighted by Gasteiger charge is -2.43. The molecule has 0 N–H and O–H groups in total. The van der Waals surface area contributed by atoms with Gasteiger partial charge < -0.3 is 4.43 Å². The van der Waals surface area contributed by atoms with Crippen LogP contribution in [-0.2, 0) is 16.3 Å². The summed E-state index contributed by atoms with van der Waals surface area (Å²) in [5, 5.41) is 0.230. The van der Waals surface area contributed by atoms with Crippen molar-refractivity contribution in [3.63, 3.8) is 0 Å². The summed E-state index contributed by atoms with van der Waals surface area (Å²) in [7, 11) is -1.82. The van der Waals surface area contributed by atoms with E-state index in [9.17, 15) is 0 Å². The predicted molar refractivity (Wildman–Crippen MR) is 154 cm³/mol. The maximum absolute atomic E-state index is 6.95.